The van der Waals surface area contributed by atoms with Gasteiger partial charge in [-0.3, -0.25) is 10.1 Å². The minimum absolute atomic E-state index is 0.384. The predicted molar refractivity (Wildman–Crippen MR) is 65.1 cm³/mol. The van der Waals surface area contributed by atoms with Crippen molar-refractivity contribution in [2.45, 2.75) is 0 Å². The van der Waals surface area contributed by atoms with Crippen molar-refractivity contribution in [3.63, 3.8) is 0 Å². The highest BCUT2D eigenvalue weighted by Crippen LogP contribution is 2.27. The first kappa shape index (κ1) is 12.8. The molecule has 0 radical (unpaired) electrons. The van der Waals surface area contributed by atoms with Gasteiger partial charge in [0.05, 0.1) is 9.95 Å². The average molecular weight is 261 g/mol. The van der Waals surface area contributed by atoms with E-state index < -0.39 is 4.92 Å². The predicted octanol–water partition coefficient (Wildman–Crippen LogP) is 3.13. The summed E-state index contributed by atoms with van der Waals surface area (Å²) in [4.78, 5) is 11.6. The lowest BCUT2D eigenvalue weighted by Crippen LogP contribution is -2.11. The third-order valence-corrected chi connectivity index (χ3v) is 2.46. The smallest absolute Gasteiger partial charge is 0.258 e. The fourth-order valence-electron chi connectivity index (χ4n) is 1.22. The van der Waals surface area contributed by atoms with E-state index in [9.17, 15) is 10.1 Å². The Morgan fingerprint density at radius 1 is 1.44 bits per heavy atom. The van der Waals surface area contributed by atoms with E-state index in [4.69, 9.17) is 23.2 Å². The monoisotopic (exact) mass is 260 g/mol. The Morgan fingerprint density at radius 2 is 2.06 bits per heavy atom. The highest BCUT2D eigenvalue weighted by molar-refractivity contribution is 6.35. The number of hydrogen-bond acceptors (Lipinski definition) is 3. The summed E-state index contributed by atoms with van der Waals surface area (Å²) in [6, 6.07) is 4.84. The lowest BCUT2D eigenvalue weighted by Gasteiger charge is -2.15. The van der Waals surface area contributed by atoms with E-state index in [1.54, 1.807) is 37.2 Å². The van der Waals surface area contributed by atoms with E-state index in [1.807, 2.05) is 0 Å². The van der Waals surface area contributed by atoms with Crippen molar-refractivity contribution in [3.8, 4) is 0 Å². The van der Waals surface area contributed by atoms with Gasteiger partial charge in [-0.05, 0) is 18.2 Å². The zero-order valence-corrected chi connectivity index (χ0v) is 10.3. The molecular formula is C10H10Cl2N2O2. The number of benzene rings is 1. The van der Waals surface area contributed by atoms with Crippen LogP contribution in [0.2, 0.25) is 10.0 Å². The van der Waals surface area contributed by atoms with E-state index in [2.05, 4.69) is 0 Å². The highest BCUT2D eigenvalue weighted by atomic mass is 35.5. The topological polar surface area (TPSA) is 46.4 Å². The number of nitrogens with zero attached hydrogens (tertiary/aromatic N) is 2. The summed E-state index contributed by atoms with van der Waals surface area (Å²) in [5.41, 5.74) is 0.999. The van der Waals surface area contributed by atoms with Crippen LogP contribution in [0.5, 0.6) is 0 Å². The molecule has 0 bridgehead atoms. The van der Waals surface area contributed by atoms with Gasteiger partial charge in [0.15, 0.2) is 0 Å². The van der Waals surface area contributed by atoms with Gasteiger partial charge in [-0.2, -0.15) is 0 Å². The van der Waals surface area contributed by atoms with Crippen molar-refractivity contribution in [1.29, 1.82) is 0 Å². The molecule has 0 heterocycles. The van der Waals surface area contributed by atoms with Crippen LogP contribution in [0.3, 0.4) is 0 Å². The maximum absolute atomic E-state index is 10.5. The maximum atomic E-state index is 10.5. The molecule has 6 heteroatoms. The second-order valence-electron chi connectivity index (χ2n) is 3.32. The van der Waals surface area contributed by atoms with E-state index in [0.717, 1.165) is 6.20 Å². The normalized spacial score (nSPS) is 11.4. The molecule has 0 fully saturated rings. The van der Waals surface area contributed by atoms with E-state index in [-0.39, 0.29) is 0 Å². The van der Waals surface area contributed by atoms with Gasteiger partial charge in [-0.1, -0.05) is 23.2 Å². The second-order valence-corrected chi connectivity index (χ2v) is 4.16. The van der Waals surface area contributed by atoms with Crippen LogP contribution < -0.4 is 0 Å². The molecule has 1 aromatic rings. The Kier molecular flexibility index (Phi) is 4.15. The Morgan fingerprint density at radius 3 is 2.50 bits per heavy atom. The molecule has 0 spiro atoms. The number of nitro groups is 1. The van der Waals surface area contributed by atoms with Crippen LogP contribution in [0.1, 0.15) is 5.56 Å². The van der Waals surface area contributed by atoms with Crippen LogP contribution in [-0.4, -0.2) is 23.9 Å². The molecule has 0 atom stereocenters. The van der Waals surface area contributed by atoms with Crippen LogP contribution >= 0.6 is 23.2 Å². The molecule has 4 nitrogen and oxygen atoms in total. The Labute approximate surface area is 103 Å². The first-order chi connectivity index (χ1) is 7.41. The van der Waals surface area contributed by atoms with Gasteiger partial charge in [0.25, 0.3) is 6.20 Å². The molecule has 0 aromatic heterocycles. The molecule has 86 valence electrons. The summed E-state index contributed by atoms with van der Waals surface area (Å²) in [6.45, 7) is 0. The SMILES string of the molecule is CN(C)/C(=C\[N+](=O)[O-])c1ccc(Cl)cc1Cl. The van der Waals surface area contributed by atoms with Crippen molar-refractivity contribution in [2.75, 3.05) is 14.1 Å². The third kappa shape index (κ3) is 3.12. The minimum Gasteiger partial charge on any atom is -0.372 e. The largest absolute Gasteiger partial charge is 0.372 e. The molecule has 0 aliphatic carbocycles. The Hall–Kier alpha value is -1.26. The molecule has 0 unspecified atom stereocenters. The van der Waals surface area contributed by atoms with Crippen LogP contribution in [0, 0.1) is 10.1 Å². The van der Waals surface area contributed by atoms with Crippen molar-refractivity contribution in [2.24, 2.45) is 0 Å². The van der Waals surface area contributed by atoms with Gasteiger partial charge in [-0.15, -0.1) is 0 Å². The second kappa shape index (κ2) is 5.18. The zero-order valence-electron chi connectivity index (χ0n) is 8.78. The molecule has 0 N–H and O–H groups in total. The van der Waals surface area contributed by atoms with Crippen molar-refractivity contribution in [1.82, 2.24) is 4.90 Å². The molecule has 0 aliphatic heterocycles. The standard InChI is InChI=1S/C10H10Cl2N2O2/c1-13(2)10(6-14(15)16)8-4-3-7(11)5-9(8)12/h3-6H,1-2H3/b10-6-. The quantitative estimate of drug-likeness (QED) is 0.620. The van der Waals surface area contributed by atoms with Crippen molar-refractivity contribution >= 4 is 28.9 Å². The minimum atomic E-state index is -0.514. The summed E-state index contributed by atoms with van der Waals surface area (Å²) in [6.07, 6.45) is 0.912. The van der Waals surface area contributed by atoms with Crippen LogP contribution in [-0.2, 0) is 0 Å². The van der Waals surface area contributed by atoms with Crippen molar-refractivity contribution < 1.29 is 4.92 Å². The lowest BCUT2D eigenvalue weighted by atomic mass is 10.1. The molecule has 0 saturated carbocycles. The lowest BCUT2D eigenvalue weighted by molar-refractivity contribution is -0.402. The van der Waals surface area contributed by atoms with Crippen LogP contribution in [0.4, 0.5) is 0 Å². The first-order valence-corrected chi connectivity index (χ1v) is 5.15. The summed E-state index contributed by atoms with van der Waals surface area (Å²) in [5, 5.41) is 11.4. The summed E-state index contributed by atoms with van der Waals surface area (Å²) >= 11 is 11.7. The maximum Gasteiger partial charge on any atom is 0.258 e. The molecule has 1 rings (SSSR count). The molecule has 0 amide bonds. The third-order valence-electron chi connectivity index (χ3n) is 1.92. The molecular weight excluding hydrogens is 251 g/mol. The average Bonchev–Trinajstić information content (AvgIpc) is 2.14. The summed E-state index contributed by atoms with van der Waals surface area (Å²) < 4.78 is 0. The van der Waals surface area contributed by atoms with Gasteiger partial charge in [0.1, 0.15) is 5.70 Å². The Balaban J connectivity index is 3.27. The van der Waals surface area contributed by atoms with Crippen LogP contribution in [0.25, 0.3) is 5.70 Å². The Bertz CT molecular complexity index is 444. The van der Waals surface area contributed by atoms with Gasteiger partial charge in [0, 0.05) is 24.7 Å². The molecule has 16 heavy (non-hydrogen) atoms. The fourth-order valence-corrected chi connectivity index (χ4v) is 1.73. The number of hydrogen-bond donors (Lipinski definition) is 0. The van der Waals surface area contributed by atoms with Crippen molar-refractivity contribution in [3.05, 3.63) is 50.1 Å². The fraction of sp³-hybridized carbons (Fsp3) is 0.200. The van der Waals surface area contributed by atoms with Gasteiger partial charge >= 0.3 is 0 Å². The highest BCUT2D eigenvalue weighted by Gasteiger charge is 2.12. The molecule has 0 saturated heterocycles. The van der Waals surface area contributed by atoms with Crippen LogP contribution in [0.15, 0.2) is 24.4 Å². The number of halogens is 2. The molecule has 0 aliphatic rings. The summed E-state index contributed by atoms with van der Waals surface area (Å²) in [5.74, 6) is 0. The molecule has 1 aromatic carbocycles. The van der Waals surface area contributed by atoms with Gasteiger partial charge < -0.3 is 4.90 Å². The zero-order chi connectivity index (χ0) is 12.3. The van der Waals surface area contributed by atoms with E-state index in [0.29, 0.717) is 21.3 Å². The first-order valence-electron chi connectivity index (χ1n) is 4.40. The van der Waals surface area contributed by atoms with Gasteiger partial charge in [-0.25, -0.2) is 0 Å². The summed E-state index contributed by atoms with van der Waals surface area (Å²) in [7, 11) is 3.42. The van der Waals surface area contributed by atoms with E-state index in [1.165, 1.54) is 0 Å². The van der Waals surface area contributed by atoms with E-state index >= 15 is 0 Å². The number of rotatable bonds is 3. The van der Waals surface area contributed by atoms with Gasteiger partial charge in [0.2, 0.25) is 0 Å².